The monoisotopic (exact) mass is 351 g/mol. The molecule has 0 aliphatic rings. The van der Waals surface area contributed by atoms with Crippen LogP contribution in [0.5, 0.6) is 0 Å². The third-order valence-corrected chi connectivity index (χ3v) is 4.95. The average molecular weight is 352 g/mol. The molecule has 1 amide bonds. The minimum atomic E-state index is -0.163. The zero-order valence-electron chi connectivity index (χ0n) is 11.3. The number of carbonyl (C=O) groups is 1. The number of hydrogen-bond acceptors (Lipinski definition) is 3. The molecule has 3 rings (SSSR count). The first-order valence-electron chi connectivity index (χ1n) is 6.44. The Morgan fingerprint density at radius 1 is 1.14 bits per heavy atom. The second-order valence-corrected chi connectivity index (χ2v) is 6.28. The van der Waals surface area contributed by atoms with Crippen molar-refractivity contribution in [2.24, 2.45) is 0 Å². The van der Waals surface area contributed by atoms with Crippen molar-refractivity contribution in [2.75, 3.05) is 11.2 Å². The number of nitrogens with zero attached hydrogens (tertiary/aromatic N) is 2. The maximum absolute atomic E-state index is 12.1. The molecule has 0 saturated carbocycles. The number of para-hydroxylation sites is 2. The van der Waals surface area contributed by atoms with Gasteiger partial charge in [0.05, 0.1) is 26.8 Å². The van der Waals surface area contributed by atoms with Crippen LogP contribution in [-0.2, 0) is 4.79 Å². The summed E-state index contributed by atoms with van der Waals surface area (Å²) in [6, 6.07) is 12.8. The normalized spacial score (nSPS) is 10.8. The Bertz CT molecular complexity index is 814. The van der Waals surface area contributed by atoms with Crippen LogP contribution in [0.3, 0.4) is 0 Å². The van der Waals surface area contributed by atoms with Crippen molar-refractivity contribution >= 4 is 51.9 Å². The van der Waals surface area contributed by atoms with E-state index in [-0.39, 0.29) is 11.7 Å². The number of imidazole rings is 1. The summed E-state index contributed by atoms with van der Waals surface area (Å²) >= 11 is 13.5. The predicted octanol–water partition coefficient (Wildman–Crippen LogP) is 4.21. The number of thioether (sulfide) groups is 1. The van der Waals surface area contributed by atoms with Crippen molar-refractivity contribution < 1.29 is 4.79 Å². The maximum atomic E-state index is 12.1. The number of halogens is 2. The fourth-order valence-electron chi connectivity index (χ4n) is 1.97. The summed E-state index contributed by atoms with van der Waals surface area (Å²) in [5.74, 6) is 0.0415. The number of rotatable bonds is 4. The molecule has 0 bridgehead atoms. The van der Waals surface area contributed by atoms with E-state index >= 15 is 0 Å². The number of carbonyl (C=O) groups excluding carboxylic acids is 1. The van der Waals surface area contributed by atoms with Gasteiger partial charge in [-0.05, 0) is 24.3 Å². The number of aromatic nitrogens is 2. The lowest BCUT2D eigenvalue weighted by Crippen LogP contribution is -2.23. The van der Waals surface area contributed by atoms with Crippen molar-refractivity contribution in [3.8, 4) is 0 Å². The Balaban J connectivity index is 1.68. The molecular weight excluding hydrogens is 341 g/mol. The van der Waals surface area contributed by atoms with Gasteiger partial charge in [-0.25, -0.2) is 9.66 Å². The molecule has 0 spiro atoms. The highest BCUT2D eigenvalue weighted by Crippen LogP contribution is 2.33. The molecule has 7 heteroatoms. The second-order valence-electron chi connectivity index (χ2n) is 4.48. The van der Waals surface area contributed by atoms with Gasteiger partial charge in [0.25, 0.3) is 0 Å². The fraction of sp³-hybridized carbons (Fsp3) is 0.0667. The molecule has 0 aliphatic heterocycles. The zero-order chi connectivity index (χ0) is 15.5. The molecule has 1 aromatic heterocycles. The van der Waals surface area contributed by atoms with Gasteiger partial charge in [-0.1, -0.05) is 41.4 Å². The van der Waals surface area contributed by atoms with Gasteiger partial charge in [-0.15, -0.1) is 11.8 Å². The molecule has 2 aromatic carbocycles. The molecule has 0 radical (unpaired) electrons. The Morgan fingerprint density at radius 3 is 2.64 bits per heavy atom. The number of nitrogens with one attached hydrogen (secondary N) is 1. The van der Waals surface area contributed by atoms with Gasteiger partial charge in [-0.2, -0.15) is 0 Å². The number of benzene rings is 2. The highest BCUT2D eigenvalue weighted by atomic mass is 35.5. The van der Waals surface area contributed by atoms with E-state index in [1.807, 2.05) is 24.3 Å². The van der Waals surface area contributed by atoms with Crippen LogP contribution in [-0.4, -0.2) is 21.3 Å². The first kappa shape index (κ1) is 15.2. The molecule has 112 valence electrons. The summed E-state index contributed by atoms with van der Waals surface area (Å²) in [7, 11) is 0. The highest BCUT2D eigenvalue weighted by Gasteiger charge is 2.10. The van der Waals surface area contributed by atoms with Gasteiger partial charge < -0.3 is 0 Å². The number of hydrogen-bond donors (Lipinski definition) is 1. The first-order valence-corrected chi connectivity index (χ1v) is 8.18. The number of fused-ring (bicyclic) bond motifs is 1. The zero-order valence-corrected chi connectivity index (χ0v) is 13.6. The first-order chi connectivity index (χ1) is 10.6. The number of amides is 1. The van der Waals surface area contributed by atoms with Crippen LogP contribution >= 0.6 is 35.0 Å². The lowest BCUT2D eigenvalue weighted by molar-refractivity contribution is -0.114. The van der Waals surface area contributed by atoms with E-state index < -0.39 is 0 Å². The molecule has 4 nitrogen and oxygen atoms in total. The van der Waals surface area contributed by atoms with Crippen molar-refractivity contribution in [3.63, 3.8) is 0 Å². The van der Waals surface area contributed by atoms with Crippen LogP contribution in [0.2, 0.25) is 10.0 Å². The van der Waals surface area contributed by atoms with Gasteiger partial charge in [0.1, 0.15) is 6.33 Å². The van der Waals surface area contributed by atoms with Gasteiger partial charge >= 0.3 is 0 Å². The molecular formula is C15H11Cl2N3OS. The standard InChI is InChI=1S/C15H11Cl2N3OS/c16-10-4-3-5-11(17)15(10)22-8-14(21)19-20-9-18-12-6-1-2-7-13(12)20/h1-7,9H,8H2,(H,19,21). The quantitative estimate of drug-likeness (QED) is 0.716. The smallest absolute Gasteiger partial charge is 0.249 e. The third-order valence-electron chi connectivity index (χ3n) is 2.97. The van der Waals surface area contributed by atoms with Crippen molar-refractivity contribution in [2.45, 2.75) is 4.90 Å². The summed E-state index contributed by atoms with van der Waals surface area (Å²) < 4.78 is 1.60. The topological polar surface area (TPSA) is 46.9 Å². The fourth-order valence-corrected chi connectivity index (χ4v) is 3.45. The van der Waals surface area contributed by atoms with Gasteiger partial charge in [-0.3, -0.25) is 10.2 Å². The van der Waals surface area contributed by atoms with Gasteiger partial charge in [0.15, 0.2) is 0 Å². The van der Waals surface area contributed by atoms with E-state index in [1.165, 1.54) is 11.8 Å². The molecule has 3 aromatic rings. The molecule has 1 N–H and O–H groups in total. The van der Waals surface area contributed by atoms with Crippen molar-refractivity contribution in [1.82, 2.24) is 9.66 Å². The minimum Gasteiger partial charge on any atom is -0.272 e. The Morgan fingerprint density at radius 2 is 1.86 bits per heavy atom. The van der Waals surface area contributed by atoms with Gasteiger partial charge in [0, 0.05) is 4.90 Å². The van der Waals surface area contributed by atoms with Crippen LogP contribution in [0, 0.1) is 0 Å². The van der Waals surface area contributed by atoms with E-state index in [0.29, 0.717) is 14.9 Å². The molecule has 0 fully saturated rings. The van der Waals surface area contributed by atoms with E-state index in [4.69, 9.17) is 23.2 Å². The lowest BCUT2D eigenvalue weighted by atomic mass is 10.3. The Kier molecular flexibility index (Phi) is 4.57. The highest BCUT2D eigenvalue weighted by molar-refractivity contribution is 8.00. The van der Waals surface area contributed by atoms with Crippen molar-refractivity contribution in [1.29, 1.82) is 0 Å². The van der Waals surface area contributed by atoms with E-state index in [0.717, 1.165) is 11.0 Å². The van der Waals surface area contributed by atoms with E-state index in [9.17, 15) is 4.79 Å². The third kappa shape index (κ3) is 3.21. The van der Waals surface area contributed by atoms with Crippen LogP contribution in [0.15, 0.2) is 53.7 Å². The van der Waals surface area contributed by atoms with Crippen LogP contribution in [0.4, 0.5) is 0 Å². The van der Waals surface area contributed by atoms with Gasteiger partial charge in [0.2, 0.25) is 5.91 Å². The van der Waals surface area contributed by atoms with E-state index in [1.54, 1.807) is 29.2 Å². The summed E-state index contributed by atoms with van der Waals surface area (Å²) in [5, 5.41) is 1.08. The predicted molar refractivity (Wildman–Crippen MR) is 91.3 cm³/mol. The summed E-state index contributed by atoms with van der Waals surface area (Å²) in [6.45, 7) is 0. The molecule has 1 heterocycles. The van der Waals surface area contributed by atoms with Crippen LogP contribution < -0.4 is 5.43 Å². The SMILES string of the molecule is O=C(CSc1c(Cl)cccc1Cl)Nn1cnc2ccccc21. The lowest BCUT2D eigenvalue weighted by Gasteiger charge is -2.08. The summed E-state index contributed by atoms with van der Waals surface area (Å²) in [6.07, 6.45) is 1.58. The molecule has 0 saturated heterocycles. The molecule has 0 unspecified atom stereocenters. The van der Waals surface area contributed by atoms with Crippen LogP contribution in [0.25, 0.3) is 11.0 Å². The second kappa shape index (κ2) is 6.60. The largest absolute Gasteiger partial charge is 0.272 e. The average Bonchev–Trinajstić information content (AvgIpc) is 2.90. The van der Waals surface area contributed by atoms with Crippen molar-refractivity contribution in [3.05, 3.63) is 58.8 Å². The summed E-state index contributed by atoms with van der Waals surface area (Å²) in [4.78, 5) is 17.0. The summed E-state index contributed by atoms with van der Waals surface area (Å²) in [5.41, 5.74) is 4.45. The molecule has 0 aliphatic carbocycles. The maximum Gasteiger partial charge on any atom is 0.249 e. The van der Waals surface area contributed by atoms with E-state index in [2.05, 4.69) is 10.4 Å². The van der Waals surface area contributed by atoms with Crippen LogP contribution in [0.1, 0.15) is 0 Å². The molecule has 0 atom stereocenters. The molecule has 22 heavy (non-hydrogen) atoms. The Labute approximate surface area is 141 Å². The Hall–Kier alpha value is -1.69. The minimum absolute atomic E-state index is 0.163.